The van der Waals surface area contributed by atoms with Gasteiger partial charge in [0.25, 0.3) is 0 Å². The molecule has 9 N–H and O–H groups in total. The fraction of sp³-hybridized carbons (Fsp3) is 0.350. The van der Waals surface area contributed by atoms with Crippen molar-refractivity contribution in [2.45, 2.75) is 31.0 Å². The molecule has 3 atom stereocenters. The van der Waals surface area contributed by atoms with Crippen molar-refractivity contribution in [2.24, 2.45) is 11.5 Å². The number of aromatic amines is 1. The molecule has 0 fully saturated rings. The SMILES string of the molecule is NC(=O)CC(NC(=O)C(N)Cc1c[nH]c2ccccc12)C(=O)NC(CS)C(=O)NCC(=O)O. The number of nitrogens with two attached hydrogens (primary N) is 2. The maximum atomic E-state index is 12.6. The van der Waals surface area contributed by atoms with Gasteiger partial charge in [-0.25, -0.2) is 0 Å². The minimum atomic E-state index is -1.39. The fourth-order valence-electron chi connectivity index (χ4n) is 3.07. The monoisotopic (exact) mass is 478 g/mol. The number of fused-ring (bicyclic) bond motifs is 1. The number of nitrogens with one attached hydrogen (secondary N) is 4. The lowest BCUT2D eigenvalue weighted by atomic mass is 10.0. The molecular weight excluding hydrogens is 452 g/mol. The normalized spacial score (nSPS) is 13.5. The second-order valence-electron chi connectivity index (χ2n) is 7.26. The summed E-state index contributed by atoms with van der Waals surface area (Å²) in [6, 6.07) is 3.84. The van der Waals surface area contributed by atoms with E-state index in [1.54, 1.807) is 6.20 Å². The number of hydrogen-bond donors (Lipinski definition) is 8. The number of thiol groups is 1. The second-order valence-corrected chi connectivity index (χ2v) is 7.62. The highest BCUT2D eigenvalue weighted by molar-refractivity contribution is 7.80. The van der Waals surface area contributed by atoms with Crippen molar-refractivity contribution < 1.29 is 29.1 Å². The summed E-state index contributed by atoms with van der Waals surface area (Å²) in [5, 5.41) is 16.4. The summed E-state index contributed by atoms with van der Waals surface area (Å²) in [6.45, 7) is -0.650. The zero-order valence-corrected chi connectivity index (χ0v) is 18.4. The second kappa shape index (κ2) is 11.9. The first kappa shape index (κ1) is 25.7. The van der Waals surface area contributed by atoms with E-state index in [9.17, 15) is 24.0 Å². The van der Waals surface area contributed by atoms with E-state index < -0.39 is 60.7 Å². The van der Waals surface area contributed by atoms with Gasteiger partial charge in [-0.3, -0.25) is 24.0 Å². The molecule has 33 heavy (non-hydrogen) atoms. The fourth-order valence-corrected chi connectivity index (χ4v) is 3.33. The van der Waals surface area contributed by atoms with Crippen LogP contribution in [0, 0.1) is 0 Å². The van der Waals surface area contributed by atoms with E-state index in [2.05, 4.69) is 33.6 Å². The molecule has 0 aliphatic rings. The summed E-state index contributed by atoms with van der Waals surface area (Å²) in [7, 11) is 0. The molecule has 178 valence electrons. The van der Waals surface area contributed by atoms with Crippen LogP contribution in [0.1, 0.15) is 12.0 Å². The molecule has 0 spiro atoms. The largest absolute Gasteiger partial charge is 0.480 e. The number of primary amides is 1. The molecule has 0 aliphatic carbocycles. The Hall–Kier alpha value is -3.58. The number of aliphatic carboxylic acids is 1. The first-order valence-electron chi connectivity index (χ1n) is 9.92. The summed E-state index contributed by atoms with van der Waals surface area (Å²) in [5.41, 5.74) is 12.9. The van der Waals surface area contributed by atoms with Gasteiger partial charge in [-0.2, -0.15) is 12.6 Å². The van der Waals surface area contributed by atoms with E-state index >= 15 is 0 Å². The number of carbonyl (C=O) groups is 5. The Morgan fingerprint density at radius 2 is 1.70 bits per heavy atom. The Balaban J connectivity index is 2.04. The van der Waals surface area contributed by atoms with Crippen molar-refractivity contribution in [3.05, 3.63) is 36.0 Å². The van der Waals surface area contributed by atoms with Gasteiger partial charge in [0.2, 0.25) is 23.6 Å². The number of benzene rings is 1. The van der Waals surface area contributed by atoms with Gasteiger partial charge in [0.05, 0.1) is 12.5 Å². The average Bonchev–Trinajstić information content (AvgIpc) is 3.17. The number of H-pyrrole nitrogens is 1. The van der Waals surface area contributed by atoms with E-state index in [0.29, 0.717) is 0 Å². The van der Waals surface area contributed by atoms with Crippen LogP contribution in [-0.2, 0) is 30.4 Å². The Labute approximate surface area is 194 Å². The van der Waals surface area contributed by atoms with Crippen LogP contribution in [0.5, 0.6) is 0 Å². The van der Waals surface area contributed by atoms with Crippen LogP contribution in [0.3, 0.4) is 0 Å². The molecule has 13 heteroatoms. The zero-order chi connectivity index (χ0) is 24.5. The van der Waals surface area contributed by atoms with Crippen LogP contribution in [0.25, 0.3) is 10.9 Å². The highest BCUT2D eigenvalue weighted by atomic mass is 32.1. The highest BCUT2D eigenvalue weighted by Crippen LogP contribution is 2.18. The standard InChI is InChI=1S/C20H26N6O6S/c21-12(5-10-7-23-13-4-2-1-3-11(10)13)18(30)25-14(6-16(22)27)20(32)26-15(9-33)19(31)24-8-17(28)29/h1-4,7,12,14-15,23,33H,5-6,8-9,21H2,(H2,22,27)(H,24,31)(H,25,30)(H,26,32)(H,28,29). The van der Waals surface area contributed by atoms with Crippen LogP contribution < -0.4 is 27.4 Å². The van der Waals surface area contributed by atoms with Gasteiger partial charge in [0.15, 0.2) is 0 Å². The predicted molar refractivity (Wildman–Crippen MR) is 122 cm³/mol. The van der Waals surface area contributed by atoms with E-state index in [1.807, 2.05) is 24.3 Å². The molecule has 1 aromatic heterocycles. The summed E-state index contributed by atoms with van der Waals surface area (Å²) in [4.78, 5) is 62.4. The minimum absolute atomic E-state index is 0.158. The van der Waals surface area contributed by atoms with Crippen molar-refractivity contribution in [3.8, 4) is 0 Å². The zero-order valence-electron chi connectivity index (χ0n) is 17.5. The molecule has 0 saturated carbocycles. The van der Waals surface area contributed by atoms with Gasteiger partial charge >= 0.3 is 5.97 Å². The molecule has 1 heterocycles. The van der Waals surface area contributed by atoms with E-state index in [4.69, 9.17) is 16.6 Å². The van der Waals surface area contributed by atoms with Gasteiger partial charge < -0.3 is 37.5 Å². The van der Waals surface area contributed by atoms with Crippen molar-refractivity contribution >= 4 is 53.1 Å². The molecule has 1 aromatic carbocycles. The molecule has 0 bridgehead atoms. The Bertz CT molecular complexity index is 1040. The van der Waals surface area contributed by atoms with Crippen molar-refractivity contribution in [1.82, 2.24) is 20.9 Å². The lowest BCUT2D eigenvalue weighted by Gasteiger charge is -2.22. The summed E-state index contributed by atoms with van der Waals surface area (Å²) < 4.78 is 0. The molecule has 0 radical (unpaired) electrons. The summed E-state index contributed by atoms with van der Waals surface area (Å²) >= 11 is 3.97. The Morgan fingerprint density at radius 3 is 2.33 bits per heavy atom. The predicted octanol–water partition coefficient (Wildman–Crippen LogP) is -1.99. The van der Waals surface area contributed by atoms with Crippen molar-refractivity contribution in [3.63, 3.8) is 0 Å². The number of carboxylic acid groups (broad SMARTS) is 1. The Kier molecular flexibility index (Phi) is 9.24. The quantitative estimate of drug-likeness (QED) is 0.161. The molecule has 4 amide bonds. The molecule has 2 aromatic rings. The van der Waals surface area contributed by atoms with Gasteiger partial charge in [0, 0.05) is 22.9 Å². The molecular formula is C20H26N6O6S. The first-order chi connectivity index (χ1) is 15.6. The van der Waals surface area contributed by atoms with E-state index in [-0.39, 0.29) is 12.2 Å². The lowest BCUT2D eigenvalue weighted by molar-refractivity contribution is -0.138. The smallest absolute Gasteiger partial charge is 0.322 e. The molecule has 0 aliphatic heterocycles. The number of carbonyl (C=O) groups excluding carboxylic acids is 4. The average molecular weight is 479 g/mol. The lowest BCUT2D eigenvalue weighted by Crippen LogP contribution is -2.57. The van der Waals surface area contributed by atoms with Crippen LogP contribution in [-0.4, -0.2) is 70.1 Å². The number of aromatic nitrogens is 1. The third-order valence-corrected chi connectivity index (χ3v) is 5.08. The first-order valence-corrected chi connectivity index (χ1v) is 10.6. The van der Waals surface area contributed by atoms with Gasteiger partial charge in [-0.15, -0.1) is 0 Å². The minimum Gasteiger partial charge on any atom is -0.480 e. The molecule has 12 nitrogen and oxygen atoms in total. The number of carboxylic acids is 1. The number of hydrogen-bond acceptors (Lipinski definition) is 7. The maximum Gasteiger partial charge on any atom is 0.322 e. The molecule has 0 saturated heterocycles. The Morgan fingerprint density at radius 1 is 1.03 bits per heavy atom. The molecule has 3 unspecified atom stereocenters. The van der Waals surface area contributed by atoms with E-state index in [1.165, 1.54) is 0 Å². The van der Waals surface area contributed by atoms with Crippen LogP contribution in [0.4, 0.5) is 0 Å². The van der Waals surface area contributed by atoms with Crippen LogP contribution >= 0.6 is 12.6 Å². The van der Waals surface area contributed by atoms with Crippen LogP contribution in [0.15, 0.2) is 30.5 Å². The topological polar surface area (TPSA) is 209 Å². The van der Waals surface area contributed by atoms with E-state index in [0.717, 1.165) is 16.5 Å². The van der Waals surface area contributed by atoms with Gasteiger partial charge in [-0.1, -0.05) is 18.2 Å². The molecule has 2 rings (SSSR count). The third-order valence-electron chi connectivity index (χ3n) is 4.72. The summed E-state index contributed by atoms with van der Waals surface area (Å²) in [6.07, 6.45) is 1.36. The van der Waals surface area contributed by atoms with Crippen molar-refractivity contribution in [2.75, 3.05) is 12.3 Å². The van der Waals surface area contributed by atoms with Crippen molar-refractivity contribution in [1.29, 1.82) is 0 Å². The number of para-hydroxylation sites is 1. The highest BCUT2D eigenvalue weighted by Gasteiger charge is 2.29. The number of rotatable bonds is 12. The van der Waals surface area contributed by atoms with Crippen LogP contribution in [0.2, 0.25) is 0 Å². The summed E-state index contributed by atoms with van der Waals surface area (Å²) in [5.74, 6) is -4.64. The maximum absolute atomic E-state index is 12.6. The number of amides is 4. The third kappa shape index (κ3) is 7.50. The van der Waals surface area contributed by atoms with Gasteiger partial charge in [0.1, 0.15) is 18.6 Å². The van der Waals surface area contributed by atoms with Gasteiger partial charge in [-0.05, 0) is 18.1 Å².